The number of benzene rings is 2. The molecule has 2 aromatic carbocycles. The van der Waals surface area contributed by atoms with Crippen molar-refractivity contribution in [3.63, 3.8) is 0 Å². The fourth-order valence-electron chi connectivity index (χ4n) is 2.34. The number of hydrogen-bond acceptors (Lipinski definition) is 4. The Kier molecular flexibility index (Phi) is 5.24. The zero-order chi connectivity index (χ0) is 18.4. The number of nitrogens with one attached hydrogen (secondary N) is 2. The smallest absolute Gasteiger partial charge is 0.271 e. The van der Waals surface area contributed by atoms with E-state index in [1.54, 1.807) is 36.4 Å². The predicted octanol–water partition coefficient (Wildman–Crippen LogP) is 2.86. The van der Waals surface area contributed by atoms with Crippen LogP contribution in [-0.4, -0.2) is 23.7 Å². The van der Waals surface area contributed by atoms with Gasteiger partial charge in [0.2, 0.25) is 0 Å². The summed E-state index contributed by atoms with van der Waals surface area (Å²) in [5.74, 6) is 0.265. The molecule has 0 bridgehead atoms. The van der Waals surface area contributed by atoms with Crippen LogP contribution in [0.15, 0.2) is 77.1 Å². The quantitative estimate of drug-likeness (QED) is 0.409. The van der Waals surface area contributed by atoms with E-state index in [1.807, 2.05) is 24.3 Å². The summed E-state index contributed by atoms with van der Waals surface area (Å²) < 4.78 is 5.36. The molecule has 6 nitrogen and oxygen atoms in total. The molecule has 0 aliphatic rings. The number of rotatable bonds is 6. The lowest BCUT2D eigenvalue weighted by Gasteiger charge is -2.04. The normalized spacial score (nSPS) is 10.8. The molecule has 0 saturated heterocycles. The van der Waals surface area contributed by atoms with Crippen LogP contribution in [0, 0.1) is 0 Å². The van der Waals surface area contributed by atoms with Crippen molar-refractivity contribution < 1.29 is 9.53 Å². The molecule has 1 aromatic heterocycles. The van der Waals surface area contributed by atoms with Crippen LogP contribution in [0.2, 0.25) is 0 Å². The lowest BCUT2D eigenvalue weighted by Crippen LogP contribution is -2.19. The summed E-state index contributed by atoms with van der Waals surface area (Å²) in [7, 11) is 0. The molecular formula is C20H17N3O3. The molecule has 6 heteroatoms. The molecule has 0 fully saturated rings. The van der Waals surface area contributed by atoms with Crippen LogP contribution in [0.25, 0.3) is 10.9 Å². The third kappa shape index (κ3) is 4.05. The maximum atomic E-state index is 12.1. The summed E-state index contributed by atoms with van der Waals surface area (Å²) in [6.07, 6.45) is 2.97. The molecule has 0 atom stereocenters. The fraction of sp³-hybridized carbons (Fsp3) is 0.0500. The number of carbonyl (C=O) groups excluding carboxylic acids is 1. The molecule has 1 heterocycles. The Bertz CT molecular complexity index is 1020. The van der Waals surface area contributed by atoms with Crippen LogP contribution in [0.3, 0.4) is 0 Å². The number of amides is 1. The lowest BCUT2D eigenvalue weighted by molar-refractivity contribution is 0.0955. The number of aromatic amines is 1. The third-order valence-corrected chi connectivity index (χ3v) is 3.64. The van der Waals surface area contributed by atoms with E-state index in [0.29, 0.717) is 23.5 Å². The maximum Gasteiger partial charge on any atom is 0.271 e. The Morgan fingerprint density at radius 3 is 2.73 bits per heavy atom. The van der Waals surface area contributed by atoms with E-state index in [-0.39, 0.29) is 11.5 Å². The van der Waals surface area contributed by atoms with Gasteiger partial charge in [0.1, 0.15) is 12.4 Å². The minimum atomic E-state index is -0.381. The van der Waals surface area contributed by atoms with Gasteiger partial charge in [-0.25, -0.2) is 5.43 Å². The van der Waals surface area contributed by atoms with Crippen LogP contribution in [0.4, 0.5) is 0 Å². The highest BCUT2D eigenvalue weighted by Crippen LogP contribution is 2.12. The molecule has 26 heavy (non-hydrogen) atoms. The van der Waals surface area contributed by atoms with Gasteiger partial charge in [0.05, 0.1) is 11.8 Å². The molecule has 0 saturated carbocycles. The first kappa shape index (κ1) is 17.2. The van der Waals surface area contributed by atoms with Crippen molar-refractivity contribution in [3.05, 3.63) is 88.7 Å². The van der Waals surface area contributed by atoms with Gasteiger partial charge in [0.25, 0.3) is 11.5 Å². The minimum absolute atomic E-state index is 0.273. The summed E-state index contributed by atoms with van der Waals surface area (Å²) in [4.78, 5) is 26.9. The molecule has 0 radical (unpaired) electrons. The molecule has 0 spiro atoms. The van der Waals surface area contributed by atoms with Gasteiger partial charge in [-0.15, -0.1) is 0 Å². The van der Waals surface area contributed by atoms with Crippen molar-refractivity contribution in [2.24, 2.45) is 5.10 Å². The maximum absolute atomic E-state index is 12.1. The molecule has 0 unspecified atom stereocenters. The Morgan fingerprint density at radius 2 is 1.96 bits per heavy atom. The number of fused-ring (bicyclic) bond motifs is 1. The number of H-pyrrole nitrogens is 1. The molecule has 3 rings (SSSR count). The largest absolute Gasteiger partial charge is 0.490 e. The van der Waals surface area contributed by atoms with E-state index >= 15 is 0 Å². The monoisotopic (exact) mass is 347 g/mol. The zero-order valence-electron chi connectivity index (χ0n) is 13.9. The highest BCUT2D eigenvalue weighted by atomic mass is 16.5. The van der Waals surface area contributed by atoms with Gasteiger partial charge in [-0.3, -0.25) is 9.59 Å². The van der Waals surface area contributed by atoms with Crippen LogP contribution >= 0.6 is 0 Å². The van der Waals surface area contributed by atoms with Crippen molar-refractivity contribution >= 4 is 23.0 Å². The minimum Gasteiger partial charge on any atom is -0.490 e. The average Bonchev–Trinajstić information content (AvgIpc) is 2.67. The molecule has 0 aliphatic heterocycles. The van der Waals surface area contributed by atoms with Crippen LogP contribution in [-0.2, 0) is 0 Å². The highest BCUT2D eigenvalue weighted by molar-refractivity contribution is 5.95. The number of ether oxygens (including phenoxy) is 1. The average molecular weight is 347 g/mol. The molecule has 2 N–H and O–H groups in total. The van der Waals surface area contributed by atoms with E-state index in [2.05, 4.69) is 22.1 Å². The summed E-state index contributed by atoms with van der Waals surface area (Å²) in [6.45, 7) is 3.97. The Labute approximate surface area is 149 Å². The number of aromatic nitrogens is 1. The van der Waals surface area contributed by atoms with Crippen LogP contribution in [0.5, 0.6) is 5.75 Å². The predicted molar refractivity (Wildman–Crippen MR) is 102 cm³/mol. The Balaban J connectivity index is 1.68. The third-order valence-electron chi connectivity index (χ3n) is 3.64. The number of hydrazone groups is 1. The van der Waals surface area contributed by atoms with Gasteiger partial charge >= 0.3 is 0 Å². The van der Waals surface area contributed by atoms with Gasteiger partial charge < -0.3 is 9.72 Å². The van der Waals surface area contributed by atoms with Crippen molar-refractivity contribution in [3.8, 4) is 5.75 Å². The van der Waals surface area contributed by atoms with Crippen molar-refractivity contribution in [1.29, 1.82) is 0 Å². The number of nitrogens with zero attached hydrogens (tertiary/aromatic N) is 1. The van der Waals surface area contributed by atoms with Gasteiger partial charge in [-0.1, -0.05) is 30.9 Å². The fourth-order valence-corrected chi connectivity index (χ4v) is 2.34. The summed E-state index contributed by atoms with van der Waals surface area (Å²) >= 11 is 0. The first-order chi connectivity index (χ1) is 12.7. The van der Waals surface area contributed by atoms with E-state index in [4.69, 9.17) is 4.74 Å². The van der Waals surface area contributed by atoms with Gasteiger partial charge in [0, 0.05) is 11.1 Å². The first-order valence-corrected chi connectivity index (χ1v) is 7.96. The molecular weight excluding hydrogens is 330 g/mol. The second-order valence-corrected chi connectivity index (χ2v) is 5.46. The Morgan fingerprint density at radius 1 is 1.19 bits per heavy atom. The van der Waals surface area contributed by atoms with Gasteiger partial charge in [0.15, 0.2) is 0 Å². The second-order valence-electron chi connectivity index (χ2n) is 5.46. The Hall–Kier alpha value is -3.67. The number of carbonyl (C=O) groups is 1. The van der Waals surface area contributed by atoms with Crippen molar-refractivity contribution in [2.75, 3.05) is 6.61 Å². The number of para-hydroxylation sites is 1. The number of hydrogen-bond donors (Lipinski definition) is 2. The van der Waals surface area contributed by atoms with Crippen molar-refractivity contribution in [1.82, 2.24) is 10.4 Å². The summed E-state index contributed by atoms with van der Waals surface area (Å²) in [6, 6.07) is 15.8. The SMILES string of the molecule is C=CCOc1ccc(C(=O)N/N=C/c2cc3ccccc3[nH]c2=O)cc1. The molecule has 3 aromatic rings. The first-order valence-electron chi connectivity index (χ1n) is 7.96. The van der Waals surface area contributed by atoms with E-state index in [1.165, 1.54) is 6.21 Å². The molecule has 0 aliphatic carbocycles. The van der Waals surface area contributed by atoms with E-state index in [9.17, 15) is 9.59 Å². The molecule has 130 valence electrons. The molecule has 1 amide bonds. The standard InChI is InChI=1S/C20H17N3O3/c1-2-11-26-17-9-7-14(8-10-17)20(25)23-21-13-16-12-15-5-3-4-6-18(15)22-19(16)24/h2-10,12-13H,1,11H2,(H,22,24)(H,23,25)/b21-13+. The number of pyridine rings is 1. The summed E-state index contributed by atoms with van der Waals surface area (Å²) in [5.41, 5.74) is 3.67. The topological polar surface area (TPSA) is 83.5 Å². The second kappa shape index (κ2) is 7.94. The van der Waals surface area contributed by atoms with Crippen LogP contribution in [0.1, 0.15) is 15.9 Å². The highest BCUT2D eigenvalue weighted by Gasteiger charge is 2.05. The lowest BCUT2D eigenvalue weighted by atomic mass is 10.2. The van der Waals surface area contributed by atoms with Crippen molar-refractivity contribution in [2.45, 2.75) is 0 Å². The van der Waals surface area contributed by atoms with E-state index < -0.39 is 0 Å². The zero-order valence-corrected chi connectivity index (χ0v) is 13.9. The summed E-state index contributed by atoms with van der Waals surface area (Å²) in [5, 5.41) is 4.75. The van der Waals surface area contributed by atoms with Gasteiger partial charge in [-0.05, 0) is 41.8 Å². The van der Waals surface area contributed by atoms with Gasteiger partial charge in [-0.2, -0.15) is 5.10 Å². The van der Waals surface area contributed by atoms with E-state index in [0.717, 1.165) is 10.9 Å². The van der Waals surface area contributed by atoms with Crippen LogP contribution < -0.4 is 15.7 Å².